The molecule has 1 N–H and O–H groups in total. The van der Waals surface area contributed by atoms with Gasteiger partial charge in [-0.15, -0.1) is 0 Å². The van der Waals surface area contributed by atoms with Crippen LogP contribution in [0.3, 0.4) is 0 Å². The molecule has 1 aliphatic heterocycles. The van der Waals surface area contributed by atoms with Gasteiger partial charge in [-0.1, -0.05) is 54.2 Å². The molecular formula is C22H23N3O3S. The van der Waals surface area contributed by atoms with Crippen LogP contribution in [0.15, 0.2) is 65.3 Å². The van der Waals surface area contributed by atoms with Crippen molar-refractivity contribution in [3.8, 4) is 5.75 Å². The molecular weight excluding hydrogens is 386 g/mol. The number of rotatable bonds is 6. The zero-order valence-corrected chi connectivity index (χ0v) is 17.4. The second kappa shape index (κ2) is 9.43. The van der Waals surface area contributed by atoms with Crippen LogP contribution >= 0.6 is 11.8 Å². The van der Waals surface area contributed by atoms with Crippen molar-refractivity contribution >= 4 is 34.8 Å². The Kier molecular flexibility index (Phi) is 6.72. The average molecular weight is 410 g/mol. The molecule has 0 bridgehead atoms. The molecule has 0 saturated carbocycles. The van der Waals surface area contributed by atoms with Gasteiger partial charge in [0.1, 0.15) is 11.4 Å². The number of thioether (sulfide) groups is 1. The van der Waals surface area contributed by atoms with Crippen molar-refractivity contribution in [1.82, 2.24) is 10.2 Å². The van der Waals surface area contributed by atoms with Crippen molar-refractivity contribution < 1.29 is 14.3 Å². The lowest BCUT2D eigenvalue weighted by molar-refractivity contribution is -0.123. The van der Waals surface area contributed by atoms with E-state index in [1.54, 1.807) is 32.1 Å². The van der Waals surface area contributed by atoms with E-state index >= 15 is 0 Å². The second-order valence-electron chi connectivity index (χ2n) is 6.45. The maximum Gasteiger partial charge on any atom is 0.278 e. The predicted octanol–water partition coefficient (Wildman–Crippen LogP) is 3.30. The summed E-state index contributed by atoms with van der Waals surface area (Å²) in [5.74, 6) is 0.448. The van der Waals surface area contributed by atoms with E-state index in [0.717, 1.165) is 16.9 Å². The van der Waals surface area contributed by atoms with E-state index in [9.17, 15) is 9.59 Å². The van der Waals surface area contributed by atoms with E-state index in [4.69, 9.17) is 4.74 Å². The van der Waals surface area contributed by atoms with Gasteiger partial charge in [0.15, 0.2) is 5.17 Å². The van der Waals surface area contributed by atoms with Gasteiger partial charge in [0.2, 0.25) is 5.91 Å². The molecule has 0 spiro atoms. The third-order valence-electron chi connectivity index (χ3n) is 4.41. The molecule has 3 rings (SSSR count). The fourth-order valence-electron chi connectivity index (χ4n) is 2.80. The summed E-state index contributed by atoms with van der Waals surface area (Å²) in [4.78, 5) is 31.2. The van der Waals surface area contributed by atoms with E-state index in [0.29, 0.717) is 17.4 Å². The van der Waals surface area contributed by atoms with Gasteiger partial charge in [0.25, 0.3) is 5.91 Å². The number of carbonyl (C=O) groups excluding carboxylic acids is 2. The molecule has 0 aromatic heterocycles. The molecule has 1 unspecified atom stereocenters. The number of methoxy groups -OCH3 is 1. The van der Waals surface area contributed by atoms with Crippen molar-refractivity contribution in [3.63, 3.8) is 0 Å². The highest BCUT2D eigenvalue weighted by Gasteiger charge is 2.32. The Hall–Kier alpha value is -3.06. The number of carbonyl (C=O) groups is 2. The van der Waals surface area contributed by atoms with Crippen molar-refractivity contribution in [3.05, 3.63) is 71.4 Å². The van der Waals surface area contributed by atoms with Crippen LogP contribution in [-0.4, -0.2) is 41.3 Å². The van der Waals surface area contributed by atoms with Gasteiger partial charge in [0, 0.05) is 7.05 Å². The third kappa shape index (κ3) is 5.06. The van der Waals surface area contributed by atoms with E-state index in [-0.39, 0.29) is 17.1 Å². The monoisotopic (exact) mass is 409 g/mol. The van der Waals surface area contributed by atoms with Crippen molar-refractivity contribution in [2.24, 2.45) is 4.99 Å². The van der Waals surface area contributed by atoms with Gasteiger partial charge in [-0.25, -0.2) is 4.99 Å². The van der Waals surface area contributed by atoms with Crippen LogP contribution in [0.25, 0.3) is 6.08 Å². The number of benzene rings is 2. The Labute approximate surface area is 174 Å². The van der Waals surface area contributed by atoms with Crippen LogP contribution < -0.4 is 10.1 Å². The second-order valence-corrected chi connectivity index (χ2v) is 7.76. The number of hydrogen-bond donors (Lipinski definition) is 1. The van der Waals surface area contributed by atoms with Crippen molar-refractivity contribution in [1.29, 1.82) is 0 Å². The summed E-state index contributed by atoms with van der Waals surface area (Å²) in [6, 6.07) is 17.1. The fourth-order valence-corrected chi connectivity index (χ4v) is 3.77. The minimum Gasteiger partial charge on any atom is -0.497 e. The van der Waals surface area contributed by atoms with Crippen molar-refractivity contribution in [2.75, 3.05) is 14.2 Å². The van der Waals surface area contributed by atoms with Crippen LogP contribution in [0.2, 0.25) is 0 Å². The Morgan fingerprint density at radius 2 is 1.90 bits per heavy atom. The molecule has 0 radical (unpaired) electrons. The summed E-state index contributed by atoms with van der Waals surface area (Å²) in [5.41, 5.74) is 2.19. The predicted molar refractivity (Wildman–Crippen MR) is 117 cm³/mol. The summed E-state index contributed by atoms with van der Waals surface area (Å²) in [7, 11) is 3.20. The lowest BCUT2D eigenvalue weighted by atomic mass is 10.1. The molecule has 1 aliphatic rings. The van der Waals surface area contributed by atoms with E-state index in [2.05, 4.69) is 10.3 Å². The van der Waals surface area contributed by atoms with E-state index in [1.165, 1.54) is 11.8 Å². The Morgan fingerprint density at radius 3 is 2.52 bits per heavy atom. The van der Waals surface area contributed by atoms with Crippen LogP contribution in [-0.2, 0) is 16.1 Å². The third-order valence-corrected chi connectivity index (χ3v) is 5.50. The van der Waals surface area contributed by atoms with Gasteiger partial charge >= 0.3 is 0 Å². The molecule has 0 saturated heterocycles. The molecule has 2 amide bonds. The largest absolute Gasteiger partial charge is 0.497 e. The number of amidine groups is 1. The summed E-state index contributed by atoms with van der Waals surface area (Å²) >= 11 is 1.27. The van der Waals surface area contributed by atoms with Gasteiger partial charge in [-0.05, 0) is 36.3 Å². The Bertz CT molecular complexity index is 940. The number of nitrogens with one attached hydrogen (secondary N) is 1. The van der Waals surface area contributed by atoms with Gasteiger partial charge in [-0.3, -0.25) is 14.5 Å². The molecule has 7 heteroatoms. The molecule has 2 aromatic rings. The van der Waals surface area contributed by atoms with Crippen LogP contribution in [0.4, 0.5) is 0 Å². The van der Waals surface area contributed by atoms with Crippen molar-refractivity contribution in [2.45, 2.75) is 18.7 Å². The fraction of sp³-hybridized carbons (Fsp3) is 0.227. The normalized spacial score (nSPS) is 16.0. The van der Waals surface area contributed by atoms with E-state index in [1.807, 2.05) is 54.6 Å². The summed E-state index contributed by atoms with van der Waals surface area (Å²) in [5, 5.41) is 2.78. The maximum absolute atomic E-state index is 13.1. The first-order valence-electron chi connectivity index (χ1n) is 9.20. The number of amides is 2. The standard InChI is InChI=1S/C22H23N3O3S/c1-15(20(26)23-2)29-22-24-19(13-16-9-11-18(28-3)12-10-16)21(27)25(22)14-17-7-5-4-6-8-17/h4-13,15H,14H2,1-3H3,(H,23,26)/b19-13+. The molecule has 1 atom stereocenters. The highest BCUT2D eigenvalue weighted by Crippen LogP contribution is 2.28. The average Bonchev–Trinajstić information content (AvgIpc) is 3.03. The zero-order valence-electron chi connectivity index (χ0n) is 16.6. The summed E-state index contributed by atoms with van der Waals surface area (Å²) < 4.78 is 5.17. The SMILES string of the molecule is CNC(=O)C(C)SC1=N/C(=C/c2ccc(OC)cc2)C(=O)N1Cc1ccccc1. The van der Waals surface area contributed by atoms with Gasteiger partial charge in [0.05, 0.1) is 18.9 Å². The Morgan fingerprint density at radius 1 is 1.21 bits per heavy atom. The highest BCUT2D eigenvalue weighted by atomic mass is 32.2. The molecule has 6 nitrogen and oxygen atoms in total. The first-order valence-corrected chi connectivity index (χ1v) is 10.1. The molecule has 29 heavy (non-hydrogen) atoms. The lowest BCUT2D eigenvalue weighted by Crippen LogP contribution is -2.34. The quantitative estimate of drug-likeness (QED) is 0.743. The minimum absolute atomic E-state index is 0.114. The minimum atomic E-state index is -0.370. The number of nitrogens with zero attached hydrogens (tertiary/aromatic N) is 2. The van der Waals surface area contributed by atoms with Crippen LogP contribution in [0.1, 0.15) is 18.1 Å². The number of hydrogen-bond acceptors (Lipinski definition) is 5. The van der Waals surface area contributed by atoms with Gasteiger partial charge in [-0.2, -0.15) is 0 Å². The summed E-state index contributed by atoms with van der Waals surface area (Å²) in [6.45, 7) is 2.19. The first kappa shape index (κ1) is 20.7. The Balaban J connectivity index is 1.89. The topological polar surface area (TPSA) is 71.0 Å². The molecule has 1 heterocycles. The summed E-state index contributed by atoms with van der Waals surface area (Å²) in [6.07, 6.45) is 1.75. The smallest absolute Gasteiger partial charge is 0.278 e. The van der Waals surface area contributed by atoms with Crippen LogP contribution in [0.5, 0.6) is 5.75 Å². The number of ether oxygens (including phenoxy) is 1. The highest BCUT2D eigenvalue weighted by molar-refractivity contribution is 8.14. The molecule has 0 aliphatic carbocycles. The molecule has 2 aromatic carbocycles. The zero-order chi connectivity index (χ0) is 20.8. The van der Waals surface area contributed by atoms with E-state index < -0.39 is 0 Å². The first-order chi connectivity index (χ1) is 14.0. The number of aliphatic imine (C=N–C) groups is 1. The maximum atomic E-state index is 13.1. The molecule has 0 fully saturated rings. The molecule has 150 valence electrons. The van der Waals surface area contributed by atoms with Crippen LogP contribution in [0, 0.1) is 0 Å². The lowest BCUT2D eigenvalue weighted by Gasteiger charge is -2.19. The van der Waals surface area contributed by atoms with Gasteiger partial charge < -0.3 is 10.1 Å².